The molecule has 0 radical (unpaired) electrons. The average molecular weight is 342 g/mol. The molecule has 0 amide bonds. The molecular formula is C20H18N6. The van der Waals surface area contributed by atoms with Gasteiger partial charge in [-0.1, -0.05) is 12.1 Å². The number of H-pyrrole nitrogens is 1. The van der Waals surface area contributed by atoms with Gasteiger partial charge in [0, 0.05) is 35.9 Å². The molecular weight excluding hydrogens is 324 g/mol. The number of benzene rings is 2. The molecule has 0 aliphatic carbocycles. The number of nitrogens with zero attached hydrogens (tertiary/aromatic N) is 4. The largest absolute Gasteiger partial charge is 0.340 e. The summed E-state index contributed by atoms with van der Waals surface area (Å²) in [5, 5.41) is 11.4. The highest BCUT2D eigenvalue weighted by Crippen LogP contribution is 2.27. The lowest BCUT2D eigenvalue weighted by Crippen LogP contribution is -2.07. The van der Waals surface area contributed by atoms with Gasteiger partial charge in [0.15, 0.2) is 5.82 Å². The molecule has 2 N–H and O–H groups in total. The predicted molar refractivity (Wildman–Crippen MR) is 102 cm³/mol. The third-order valence-corrected chi connectivity index (χ3v) is 4.71. The van der Waals surface area contributed by atoms with Gasteiger partial charge in [-0.15, -0.1) is 0 Å². The standard InChI is InChI=1S/C20H18N6/c1-26-11-14-3-2-13(8-16(14)12-26)20-21-7-6-19(24-20)23-17-4-5-18-15(9-17)10-22-25-18/h2-10H,11-12H2,1H3,(H,22,25)(H,21,23,24). The van der Waals surface area contributed by atoms with Crippen LogP contribution in [-0.4, -0.2) is 32.1 Å². The molecule has 6 nitrogen and oxygen atoms in total. The maximum atomic E-state index is 4.69. The van der Waals surface area contributed by atoms with Gasteiger partial charge in [0.1, 0.15) is 5.82 Å². The Hall–Kier alpha value is -3.25. The minimum absolute atomic E-state index is 0.733. The van der Waals surface area contributed by atoms with E-state index in [1.165, 1.54) is 11.1 Å². The van der Waals surface area contributed by atoms with Crippen LogP contribution in [0, 0.1) is 0 Å². The van der Waals surface area contributed by atoms with Gasteiger partial charge in [0.2, 0.25) is 0 Å². The van der Waals surface area contributed by atoms with Gasteiger partial charge in [-0.05, 0) is 48.5 Å². The first kappa shape index (κ1) is 15.0. The Morgan fingerprint density at radius 3 is 2.92 bits per heavy atom. The first-order chi connectivity index (χ1) is 12.7. The van der Waals surface area contributed by atoms with E-state index < -0.39 is 0 Å². The van der Waals surface area contributed by atoms with Crippen LogP contribution in [0.4, 0.5) is 11.5 Å². The van der Waals surface area contributed by atoms with E-state index in [-0.39, 0.29) is 0 Å². The summed E-state index contributed by atoms with van der Waals surface area (Å²) in [5.74, 6) is 1.51. The molecule has 0 saturated carbocycles. The van der Waals surface area contributed by atoms with Crippen LogP contribution in [0.2, 0.25) is 0 Å². The van der Waals surface area contributed by atoms with Crippen molar-refractivity contribution >= 4 is 22.4 Å². The molecule has 0 unspecified atom stereocenters. The van der Waals surface area contributed by atoms with Crippen molar-refractivity contribution in [3.05, 3.63) is 66.0 Å². The van der Waals surface area contributed by atoms with Gasteiger partial charge in [-0.25, -0.2) is 9.97 Å². The van der Waals surface area contributed by atoms with Crippen LogP contribution < -0.4 is 5.32 Å². The van der Waals surface area contributed by atoms with Gasteiger partial charge in [-0.3, -0.25) is 10.00 Å². The fraction of sp³-hybridized carbons (Fsp3) is 0.150. The topological polar surface area (TPSA) is 69.7 Å². The maximum Gasteiger partial charge on any atom is 0.161 e. The van der Waals surface area contributed by atoms with Gasteiger partial charge in [0.25, 0.3) is 0 Å². The maximum absolute atomic E-state index is 4.69. The van der Waals surface area contributed by atoms with E-state index >= 15 is 0 Å². The van der Waals surface area contributed by atoms with Crippen molar-refractivity contribution in [3.63, 3.8) is 0 Å². The second kappa shape index (κ2) is 5.93. The van der Waals surface area contributed by atoms with Gasteiger partial charge < -0.3 is 5.32 Å². The Morgan fingerprint density at radius 2 is 1.96 bits per heavy atom. The summed E-state index contributed by atoms with van der Waals surface area (Å²) in [6.07, 6.45) is 3.61. The number of fused-ring (bicyclic) bond motifs is 2. The molecule has 5 rings (SSSR count). The molecule has 4 aromatic rings. The summed E-state index contributed by atoms with van der Waals surface area (Å²) in [7, 11) is 2.14. The summed E-state index contributed by atoms with van der Waals surface area (Å²) in [6.45, 7) is 1.99. The summed E-state index contributed by atoms with van der Waals surface area (Å²) < 4.78 is 0. The Bertz CT molecular complexity index is 1100. The highest BCUT2D eigenvalue weighted by atomic mass is 15.1. The molecule has 0 fully saturated rings. The molecule has 0 bridgehead atoms. The van der Waals surface area contributed by atoms with E-state index in [2.05, 4.69) is 50.6 Å². The predicted octanol–water partition coefficient (Wildman–Crippen LogP) is 3.71. The quantitative estimate of drug-likeness (QED) is 0.594. The Labute approximate surface area is 150 Å². The lowest BCUT2D eigenvalue weighted by Gasteiger charge is -2.08. The molecule has 1 aliphatic rings. The first-order valence-corrected chi connectivity index (χ1v) is 8.58. The van der Waals surface area contributed by atoms with Gasteiger partial charge in [-0.2, -0.15) is 5.10 Å². The second-order valence-corrected chi connectivity index (χ2v) is 6.72. The monoisotopic (exact) mass is 342 g/mol. The third kappa shape index (κ3) is 2.70. The summed E-state index contributed by atoms with van der Waals surface area (Å²) in [5.41, 5.74) is 5.78. The molecule has 0 saturated heterocycles. The zero-order chi connectivity index (χ0) is 17.5. The SMILES string of the molecule is CN1Cc2ccc(-c3nccc(Nc4ccc5[nH]ncc5c4)n3)cc2C1. The average Bonchev–Trinajstić information content (AvgIpc) is 3.26. The molecule has 128 valence electrons. The fourth-order valence-corrected chi connectivity index (χ4v) is 3.44. The third-order valence-electron chi connectivity index (χ3n) is 4.71. The molecule has 0 atom stereocenters. The van der Waals surface area contributed by atoms with Crippen molar-refractivity contribution in [2.75, 3.05) is 12.4 Å². The molecule has 3 heterocycles. The smallest absolute Gasteiger partial charge is 0.161 e. The summed E-state index contributed by atoms with van der Waals surface area (Å²) in [4.78, 5) is 11.5. The van der Waals surface area contributed by atoms with Crippen LogP contribution in [-0.2, 0) is 13.1 Å². The second-order valence-electron chi connectivity index (χ2n) is 6.72. The lowest BCUT2D eigenvalue weighted by molar-refractivity contribution is 0.353. The lowest BCUT2D eigenvalue weighted by atomic mass is 10.1. The molecule has 1 aliphatic heterocycles. The number of hydrogen-bond acceptors (Lipinski definition) is 5. The van der Waals surface area contributed by atoms with Gasteiger partial charge >= 0.3 is 0 Å². The number of anilines is 2. The van der Waals surface area contributed by atoms with E-state index in [0.29, 0.717) is 0 Å². The fourth-order valence-electron chi connectivity index (χ4n) is 3.44. The summed E-state index contributed by atoms with van der Waals surface area (Å²) in [6, 6.07) is 14.4. The Kier molecular flexibility index (Phi) is 3.43. The number of rotatable bonds is 3. The van der Waals surface area contributed by atoms with E-state index in [9.17, 15) is 0 Å². The van der Waals surface area contributed by atoms with Crippen LogP contribution in [0.25, 0.3) is 22.3 Å². The van der Waals surface area contributed by atoms with Crippen molar-refractivity contribution in [2.24, 2.45) is 0 Å². The zero-order valence-electron chi connectivity index (χ0n) is 14.4. The van der Waals surface area contributed by atoms with Crippen molar-refractivity contribution in [1.82, 2.24) is 25.1 Å². The molecule has 6 heteroatoms. The van der Waals surface area contributed by atoms with Crippen LogP contribution >= 0.6 is 0 Å². The number of nitrogens with one attached hydrogen (secondary N) is 2. The normalized spacial score (nSPS) is 13.9. The van der Waals surface area contributed by atoms with E-state index in [1.54, 1.807) is 6.20 Å². The molecule has 2 aromatic heterocycles. The molecule has 26 heavy (non-hydrogen) atoms. The van der Waals surface area contributed by atoms with Crippen molar-refractivity contribution in [3.8, 4) is 11.4 Å². The minimum atomic E-state index is 0.733. The Morgan fingerprint density at radius 1 is 1.04 bits per heavy atom. The Balaban J connectivity index is 1.44. The highest BCUT2D eigenvalue weighted by Gasteiger charge is 2.16. The molecule has 0 spiro atoms. The van der Waals surface area contributed by atoms with Gasteiger partial charge in [0.05, 0.1) is 11.7 Å². The number of hydrogen-bond donors (Lipinski definition) is 2. The van der Waals surface area contributed by atoms with Crippen LogP contribution in [0.3, 0.4) is 0 Å². The zero-order valence-corrected chi connectivity index (χ0v) is 14.4. The first-order valence-electron chi connectivity index (χ1n) is 8.58. The van der Waals surface area contributed by atoms with Crippen LogP contribution in [0.1, 0.15) is 11.1 Å². The van der Waals surface area contributed by atoms with Crippen LogP contribution in [0.15, 0.2) is 54.9 Å². The van der Waals surface area contributed by atoms with Crippen molar-refractivity contribution in [2.45, 2.75) is 13.1 Å². The minimum Gasteiger partial charge on any atom is -0.340 e. The number of aromatic amines is 1. The van der Waals surface area contributed by atoms with E-state index in [4.69, 9.17) is 4.98 Å². The van der Waals surface area contributed by atoms with Crippen molar-refractivity contribution < 1.29 is 0 Å². The van der Waals surface area contributed by atoms with Crippen LogP contribution in [0.5, 0.6) is 0 Å². The van der Waals surface area contributed by atoms with E-state index in [1.807, 2.05) is 30.5 Å². The van der Waals surface area contributed by atoms with E-state index in [0.717, 1.165) is 46.9 Å². The summed E-state index contributed by atoms with van der Waals surface area (Å²) >= 11 is 0. The highest BCUT2D eigenvalue weighted by molar-refractivity contribution is 5.82. The number of aromatic nitrogens is 4. The molecule has 2 aromatic carbocycles. The van der Waals surface area contributed by atoms with Crippen molar-refractivity contribution in [1.29, 1.82) is 0 Å².